The van der Waals surface area contributed by atoms with Crippen molar-refractivity contribution >= 4 is 23.5 Å². The second kappa shape index (κ2) is 6.86. The Balaban J connectivity index is 1.62. The molecule has 2 atom stereocenters. The molecule has 126 valence electrons. The summed E-state index contributed by atoms with van der Waals surface area (Å²) < 4.78 is 0. The van der Waals surface area contributed by atoms with Crippen LogP contribution in [0.4, 0.5) is 5.69 Å². The van der Waals surface area contributed by atoms with E-state index in [9.17, 15) is 19.5 Å². The maximum atomic E-state index is 12.4. The van der Waals surface area contributed by atoms with Crippen molar-refractivity contribution in [2.75, 3.05) is 5.32 Å². The summed E-state index contributed by atoms with van der Waals surface area (Å²) in [4.78, 5) is 35.6. The average molecular weight is 328 g/mol. The molecular weight excluding hydrogens is 308 g/mol. The normalized spacial score (nSPS) is 22.7. The lowest BCUT2D eigenvalue weighted by Crippen LogP contribution is -2.34. The van der Waals surface area contributed by atoms with E-state index in [0.717, 1.165) is 12.8 Å². The van der Waals surface area contributed by atoms with E-state index in [1.807, 2.05) is 6.08 Å². The van der Waals surface area contributed by atoms with Crippen molar-refractivity contribution in [2.24, 2.45) is 11.8 Å². The number of carboxylic acid groups (broad SMARTS) is 1. The molecule has 2 unspecified atom stereocenters. The van der Waals surface area contributed by atoms with Crippen LogP contribution in [0, 0.1) is 11.8 Å². The molecule has 0 spiro atoms. The minimum absolute atomic E-state index is 0.112. The topological polar surface area (TPSA) is 95.5 Å². The number of aliphatic carboxylic acids is 1. The van der Waals surface area contributed by atoms with E-state index in [1.165, 1.54) is 0 Å². The van der Waals surface area contributed by atoms with Crippen LogP contribution in [0.15, 0.2) is 36.4 Å². The highest BCUT2D eigenvalue weighted by Crippen LogP contribution is 2.27. The quantitative estimate of drug-likeness (QED) is 0.722. The number of rotatable bonds is 5. The number of nitrogens with one attached hydrogen (secondary N) is 2. The first kappa shape index (κ1) is 16.2. The Morgan fingerprint density at radius 2 is 1.58 bits per heavy atom. The third-order valence-electron chi connectivity index (χ3n) is 4.41. The van der Waals surface area contributed by atoms with Gasteiger partial charge in [-0.05, 0) is 49.9 Å². The fourth-order valence-corrected chi connectivity index (χ4v) is 2.81. The molecule has 3 rings (SSSR count). The average Bonchev–Trinajstić information content (AvgIpc) is 3.39. The summed E-state index contributed by atoms with van der Waals surface area (Å²) in [5.41, 5.74) is 1.10. The number of allylic oxidation sites excluding steroid dienone is 2. The Bertz CT molecular complexity index is 677. The van der Waals surface area contributed by atoms with E-state index in [-0.39, 0.29) is 11.8 Å². The molecular formula is C18H20N2O4. The first-order valence-corrected chi connectivity index (χ1v) is 8.14. The molecule has 0 aliphatic heterocycles. The van der Waals surface area contributed by atoms with Crippen molar-refractivity contribution in [1.82, 2.24) is 5.32 Å². The monoisotopic (exact) mass is 328 g/mol. The van der Waals surface area contributed by atoms with Crippen LogP contribution in [-0.4, -0.2) is 28.9 Å². The van der Waals surface area contributed by atoms with E-state index >= 15 is 0 Å². The van der Waals surface area contributed by atoms with Gasteiger partial charge in [-0.25, -0.2) is 0 Å². The van der Waals surface area contributed by atoms with Gasteiger partial charge in [0, 0.05) is 17.3 Å². The highest BCUT2D eigenvalue weighted by atomic mass is 16.4. The molecule has 1 saturated carbocycles. The van der Waals surface area contributed by atoms with Gasteiger partial charge in [0.05, 0.1) is 11.8 Å². The van der Waals surface area contributed by atoms with Gasteiger partial charge < -0.3 is 15.7 Å². The standard InChI is InChI=1S/C18H20N2O4/c21-16(19-13-9-10-13)11-5-7-12(8-6-11)20-17(22)14-3-1-2-4-15(14)18(23)24/h1-2,5-8,13-15H,3-4,9-10H2,(H,19,21)(H,20,22)(H,23,24). The number of carboxylic acids is 1. The molecule has 2 aliphatic rings. The fourth-order valence-electron chi connectivity index (χ4n) is 2.81. The Hall–Kier alpha value is -2.63. The van der Waals surface area contributed by atoms with Gasteiger partial charge in [-0.15, -0.1) is 0 Å². The van der Waals surface area contributed by atoms with Gasteiger partial charge in [-0.2, -0.15) is 0 Å². The molecule has 0 bridgehead atoms. The third kappa shape index (κ3) is 3.82. The SMILES string of the molecule is O=C(NC1CC1)c1ccc(NC(=O)C2CC=CCC2C(=O)O)cc1. The lowest BCUT2D eigenvalue weighted by molar-refractivity contribution is -0.146. The predicted octanol–water partition coefficient (Wildman–Crippen LogP) is 2.18. The smallest absolute Gasteiger partial charge is 0.307 e. The summed E-state index contributed by atoms with van der Waals surface area (Å²) in [6.07, 6.45) is 6.49. The van der Waals surface area contributed by atoms with E-state index in [0.29, 0.717) is 30.1 Å². The molecule has 0 heterocycles. The Morgan fingerprint density at radius 3 is 2.17 bits per heavy atom. The first-order valence-electron chi connectivity index (χ1n) is 8.14. The number of carbonyl (C=O) groups excluding carboxylic acids is 2. The van der Waals surface area contributed by atoms with Crippen LogP contribution in [0.2, 0.25) is 0 Å². The molecule has 0 aromatic heterocycles. The number of amides is 2. The van der Waals surface area contributed by atoms with Crippen LogP contribution in [0.25, 0.3) is 0 Å². The van der Waals surface area contributed by atoms with Crippen LogP contribution < -0.4 is 10.6 Å². The van der Waals surface area contributed by atoms with Crippen molar-refractivity contribution in [1.29, 1.82) is 0 Å². The minimum atomic E-state index is -0.952. The molecule has 2 aliphatic carbocycles. The Labute approximate surface area is 139 Å². The highest BCUT2D eigenvalue weighted by Gasteiger charge is 2.34. The van der Waals surface area contributed by atoms with Crippen LogP contribution in [-0.2, 0) is 9.59 Å². The summed E-state index contributed by atoms with van der Waals surface area (Å²) in [6, 6.07) is 6.93. The number of hydrogen-bond donors (Lipinski definition) is 3. The van der Waals surface area contributed by atoms with Gasteiger partial charge in [-0.3, -0.25) is 14.4 Å². The molecule has 0 saturated heterocycles. The van der Waals surface area contributed by atoms with E-state index < -0.39 is 17.8 Å². The minimum Gasteiger partial charge on any atom is -0.481 e. The summed E-state index contributed by atoms with van der Waals surface area (Å²) in [7, 11) is 0. The molecule has 6 heteroatoms. The number of hydrogen-bond acceptors (Lipinski definition) is 3. The number of carbonyl (C=O) groups is 3. The van der Waals surface area contributed by atoms with Crippen molar-refractivity contribution < 1.29 is 19.5 Å². The molecule has 1 aromatic carbocycles. The van der Waals surface area contributed by atoms with E-state index in [4.69, 9.17) is 0 Å². The molecule has 0 radical (unpaired) electrons. The number of benzene rings is 1. The molecule has 24 heavy (non-hydrogen) atoms. The van der Waals surface area contributed by atoms with Crippen molar-refractivity contribution in [3.05, 3.63) is 42.0 Å². The summed E-state index contributed by atoms with van der Waals surface area (Å²) in [5, 5.41) is 14.9. The zero-order chi connectivity index (χ0) is 17.1. The van der Waals surface area contributed by atoms with Crippen molar-refractivity contribution in [3.8, 4) is 0 Å². The van der Waals surface area contributed by atoms with Crippen molar-refractivity contribution in [2.45, 2.75) is 31.7 Å². The maximum absolute atomic E-state index is 12.4. The summed E-state index contributed by atoms with van der Waals surface area (Å²) in [5.74, 6) is -2.64. The van der Waals surface area contributed by atoms with Crippen molar-refractivity contribution in [3.63, 3.8) is 0 Å². The van der Waals surface area contributed by atoms with Gasteiger partial charge in [0.2, 0.25) is 5.91 Å². The predicted molar refractivity (Wildman–Crippen MR) is 88.5 cm³/mol. The van der Waals surface area contributed by atoms with E-state index in [2.05, 4.69) is 10.6 Å². The lowest BCUT2D eigenvalue weighted by Gasteiger charge is -2.24. The largest absolute Gasteiger partial charge is 0.481 e. The zero-order valence-electron chi connectivity index (χ0n) is 13.2. The second-order valence-electron chi connectivity index (χ2n) is 6.31. The van der Waals surface area contributed by atoms with Crippen LogP contribution in [0.5, 0.6) is 0 Å². The Morgan fingerprint density at radius 1 is 0.958 bits per heavy atom. The van der Waals surface area contributed by atoms with Crippen LogP contribution in [0.3, 0.4) is 0 Å². The summed E-state index contributed by atoms with van der Waals surface area (Å²) in [6.45, 7) is 0. The molecule has 6 nitrogen and oxygen atoms in total. The Kier molecular flexibility index (Phi) is 4.64. The number of anilines is 1. The van der Waals surface area contributed by atoms with Gasteiger partial charge in [0.25, 0.3) is 5.91 Å². The maximum Gasteiger partial charge on any atom is 0.307 e. The van der Waals surface area contributed by atoms with E-state index in [1.54, 1.807) is 30.3 Å². The first-order chi connectivity index (χ1) is 11.5. The van der Waals surface area contributed by atoms with Gasteiger partial charge in [-0.1, -0.05) is 12.2 Å². The molecule has 1 aromatic rings. The lowest BCUT2D eigenvalue weighted by atomic mass is 9.82. The molecule has 3 N–H and O–H groups in total. The van der Waals surface area contributed by atoms with Crippen LogP contribution in [0.1, 0.15) is 36.0 Å². The van der Waals surface area contributed by atoms with Gasteiger partial charge in [0.15, 0.2) is 0 Å². The summed E-state index contributed by atoms with van der Waals surface area (Å²) >= 11 is 0. The van der Waals surface area contributed by atoms with Gasteiger partial charge >= 0.3 is 5.97 Å². The molecule has 2 amide bonds. The molecule has 1 fully saturated rings. The third-order valence-corrected chi connectivity index (χ3v) is 4.41. The second-order valence-corrected chi connectivity index (χ2v) is 6.31. The van der Waals surface area contributed by atoms with Crippen LogP contribution >= 0.6 is 0 Å². The van der Waals surface area contributed by atoms with Gasteiger partial charge in [0.1, 0.15) is 0 Å². The zero-order valence-corrected chi connectivity index (χ0v) is 13.2. The highest BCUT2D eigenvalue weighted by molar-refractivity contribution is 5.97. The fraction of sp³-hybridized carbons (Fsp3) is 0.389.